The Labute approximate surface area is 74.4 Å². The molecule has 0 aromatic heterocycles. The van der Waals surface area contributed by atoms with Crippen molar-refractivity contribution in [1.82, 2.24) is 5.32 Å². The van der Waals surface area contributed by atoms with Crippen LogP contribution in [0.5, 0.6) is 0 Å². The highest BCUT2D eigenvalue weighted by Crippen LogP contribution is 2.29. The lowest BCUT2D eigenvalue weighted by Gasteiger charge is -2.21. The summed E-state index contributed by atoms with van der Waals surface area (Å²) in [5.41, 5.74) is -1.06. The summed E-state index contributed by atoms with van der Waals surface area (Å²) < 4.78 is 36.2. The Morgan fingerprint density at radius 1 is 1.54 bits per heavy atom. The summed E-state index contributed by atoms with van der Waals surface area (Å²) in [7, 11) is 0. The van der Waals surface area contributed by atoms with Gasteiger partial charge in [0.05, 0.1) is 11.7 Å². The lowest BCUT2D eigenvalue weighted by Crippen LogP contribution is -2.39. The minimum atomic E-state index is -4.50. The molecule has 1 aliphatic heterocycles. The van der Waals surface area contributed by atoms with Crippen LogP contribution in [0, 0.1) is 0 Å². The van der Waals surface area contributed by atoms with Crippen LogP contribution in [0.15, 0.2) is 12.2 Å². The largest absolute Gasteiger partial charge is 0.414 e. The van der Waals surface area contributed by atoms with E-state index in [9.17, 15) is 18.3 Å². The highest BCUT2D eigenvalue weighted by Gasteiger charge is 2.39. The molecule has 1 rings (SSSR count). The quantitative estimate of drug-likeness (QED) is 0.649. The van der Waals surface area contributed by atoms with E-state index in [1.54, 1.807) is 0 Å². The van der Waals surface area contributed by atoms with Crippen molar-refractivity contribution >= 4 is 0 Å². The molecule has 0 spiro atoms. The zero-order valence-corrected chi connectivity index (χ0v) is 7.06. The molecule has 0 aliphatic carbocycles. The van der Waals surface area contributed by atoms with Gasteiger partial charge in [0.2, 0.25) is 0 Å². The predicted octanol–water partition coefficient (Wildman–Crippen LogP) is 1.22. The van der Waals surface area contributed by atoms with Crippen LogP contribution in [-0.2, 0) is 0 Å². The third-order valence-corrected chi connectivity index (χ3v) is 2.20. The zero-order valence-electron chi connectivity index (χ0n) is 7.06. The lowest BCUT2D eigenvalue weighted by molar-refractivity contribution is -0.107. The lowest BCUT2D eigenvalue weighted by atomic mass is 10.0. The van der Waals surface area contributed by atoms with Crippen molar-refractivity contribution in [2.75, 3.05) is 6.54 Å². The number of hydrogen-bond donors (Lipinski definition) is 2. The zero-order chi connectivity index (χ0) is 10.1. The van der Waals surface area contributed by atoms with Crippen molar-refractivity contribution in [3.63, 3.8) is 0 Å². The molecular weight excluding hydrogens is 183 g/mol. The summed E-state index contributed by atoms with van der Waals surface area (Å²) in [5, 5.41) is 12.1. The third kappa shape index (κ3) is 2.45. The topological polar surface area (TPSA) is 32.3 Å². The van der Waals surface area contributed by atoms with Crippen molar-refractivity contribution in [2.24, 2.45) is 0 Å². The van der Waals surface area contributed by atoms with Crippen molar-refractivity contribution < 1.29 is 18.3 Å². The van der Waals surface area contributed by atoms with E-state index in [0.29, 0.717) is 13.0 Å². The van der Waals surface area contributed by atoms with E-state index in [-0.39, 0.29) is 0 Å². The number of nitrogens with one attached hydrogen (secondary N) is 1. The highest BCUT2D eigenvalue weighted by molar-refractivity contribution is 5.12. The fourth-order valence-electron chi connectivity index (χ4n) is 1.39. The molecule has 0 saturated carbocycles. The van der Waals surface area contributed by atoms with Gasteiger partial charge in [0.25, 0.3) is 0 Å². The first kappa shape index (κ1) is 10.5. The van der Waals surface area contributed by atoms with Crippen LogP contribution in [0.25, 0.3) is 0 Å². The second kappa shape index (κ2) is 3.67. The highest BCUT2D eigenvalue weighted by atomic mass is 19.4. The first-order valence-electron chi connectivity index (χ1n) is 4.10. The molecule has 76 valence electrons. The van der Waals surface area contributed by atoms with Gasteiger partial charge in [0.1, 0.15) is 0 Å². The summed E-state index contributed by atoms with van der Waals surface area (Å²) in [5.74, 6) is 0. The van der Waals surface area contributed by atoms with Gasteiger partial charge < -0.3 is 10.4 Å². The molecule has 0 amide bonds. The summed E-state index contributed by atoms with van der Waals surface area (Å²) in [6.45, 7) is 3.52. The first-order valence-corrected chi connectivity index (χ1v) is 4.10. The molecule has 2 atom stereocenters. The third-order valence-electron chi connectivity index (χ3n) is 2.20. The van der Waals surface area contributed by atoms with Gasteiger partial charge >= 0.3 is 6.18 Å². The maximum absolute atomic E-state index is 12.1. The standard InChI is InChI=1S/C8H12F3NO/c1-5(8(9,10)11)7(13)6-3-2-4-12-6/h6-7,12-13H,1-4H2. The van der Waals surface area contributed by atoms with Crippen LogP contribution < -0.4 is 5.32 Å². The number of aliphatic hydroxyl groups is 1. The number of aliphatic hydroxyl groups excluding tert-OH is 1. The molecule has 5 heteroatoms. The Hall–Kier alpha value is -0.550. The van der Waals surface area contributed by atoms with Crippen LogP contribution in [0.4, 0.5) is 13.2 Å². The molecule has 1 saturated heterocycles. The van der Waals surface area contributed by atoms with Gasteiger partial charge in [-0.3, -0.25) is 0 Å². The second-order valence-corrected chi connectivity index (χ2v) is 3.17. The van der Waals surface area contributed by atoms with E-state index in [4.69, 9.17) is 0 Å². The van der Waals surface area contributed by atoms with Gasteiger partial charge in [-0.1, -0.05) is 6.58 Å². The fraction of sp³-hybridized carbons (Fsp3) is 0.750. The monoisotopic (exact) mass is 195 g/mol. The van der Waals surface area contributed by atoms with Crippen LogP contribution in [0.1, 0.15) is 12.8 Å². The molecule has 1 heterocycles. The molecule has 0 aromatic carbocycles. The molecular formula is C8H12F3NO. The van der Waals surface area contributed by atoms with E-state index < -0.39 is 23.9 Å². The molecule has 2 unspecified atom stereocenters. The first-order chi connectivity index (χ1) is 5.93. The van der Waals surface area contributed by atoms with E-state index in [1.807, 2.05) is 0 Å². The number of alkyl halides is 3. The molecule has 0 aromatic rings. The average molecular weight is 195 g/mol. The Morgan fingerprint density at radius 2 is 2.15 bits per heavy atom. The minimum Gasteiger partial charge on any atom is -0.387 e. The molecule has 2 N–H and O–H groups in total. The van der Waals surface area contributed by atoms with Crippen molar-refractivity contribution in [1.29, 1.82) is 0 Å². The number of halogens is 3. The summed E-state index contributed by atoms with van der Waals surface area (Å²) >= 11 is 0. The van der Waals surface area contributed by atoms with E-state index in [1.165, 1.54) is 0 Å². The molecule has 1 aliphatic rings. The minimum absolute atomic E-state index is 0.492. The SMILES string of the molecule is C=C(C(O)C1CCCN1)C(F)(F)F. The van der Waals surface area contributed by atoms with E-state index in [2.05, 4.69) is 11.9 Å². The molecule has 2 nitrogen and oxygen atoms in total. The Morgan fingerprint density at radius 3 is 2.54 bits per heavy atom. The number of hydrogen-bond acceptors (Lipinski definition) is 2. The van der Waals surface area contributed by atoms with Gasteiger partial charge in [-0.25, -0.2) is 0 Å². The molecule has 0 radical (unpaired) electrons. The smallest absolute Gasteiger partial charge is 0.387 e. The Kier molecular flexibility index (Phi) is 2.98. The Balaban J connectivity index is 2.56. The van der Waals surface area contributed by atoms with Gasteiger partial charge in [-0.15, -0.1) is 0 Å². The Bertz CT molecular complexity index is 196. The van der Waals surface area contributed by atoms with Crippen LogP contribution in [0.3, 0.4) is 0 Å². The number of rotatable bonds is 2. The van der Waals surface area contributed by atoms with Gasteiger partial charge in [-0.2, -0.15) is 13.2 Å². The fourth-order valence-corrected chi connectivity index (χ4v) is 1.39. The van der Waals surface area contributed by atoms with Crippen molar-refractivity contribution in [2.45, 2.75) is 31.2 Å². The molecule has 13 heavy (non-hydrogen) atoms. The maximum atomic E-state index is 12.1. The maximum Gasteiger partial charge on any atom is 0.414 e. The van der Waals surface area contributed by atoms with E-state index in [0.717, 1.165) is 6.42 Å². The normalized spacial score (nSPS) is 26.0. The van der Waals surface area contributed by atoms with E-state index >= 15 is 0 Å². The van der Waals surface area contributed by atoms with Gasteiger partial charge in [0, 0.05) is 6.04 Å². The van der Waals surface area contributed by atoms with Crippen LogP contribution in [0.2, 0.25) is 0 Å². The van der Waals surface area contributed by atoms with Crippen LogP contribution >= 0.6 is 0 Å². The van der Waals surface area contributed by atoms with Crippen molar-refractivity contribution in [3.8, 4) is 0 Å². The second-order valence-electron chi connectivity index (χ2n) is 3.17. The summed E-state index contributed by atoms with van der Waals surface area (Å²) in [6.07, 6.45) is -4.64. The molecule has 0 bridgehead atoms. The summed E-state index contributed by atoms with van der Waals surface area (Å²) in [4.78, 5) is 0. The molecule has 1 fully saturated rings. The van der Waals surface area contributed by atoms with Crippen LogP contribution in [-0.4, -0.2) is 30.0 Å². The predicted molar refractivity (Wildman–Crippen MR) is 42.2 cm³/mol. The average Bonchev–Trinajstić information content (AvgIpc) is 2.51. The van der Waals surface area contributed by atoms with Gasteiger partial charge in [-0.05, 0) is 19.4 Å². The van der Waals surface area contributed by atoms with Gasteiger partial charge in [0.15, 0.2) is 0 Å². The van der Waals surface area contributed by atoms with Crippen molar-refractivity contribution in [3.05, 3.63) is 12.2 Å². The summed E-state index contributed by atoms with van der Waals surface area (Å²) in [6, 6.07) is -0.492.